The molecular weight excluding hydrogens is 480 g/mol. The van der Waals surface area contributed by atoms with Crippen LogP contribution in [0.4, 0.5) is 10.1 Å². The minimum atomic E-state index is -0.437. The van der Waals surface area contributed by atoms with Crippen molar-refractivity contribution < 1.29 is 13.9 Å². The van der Waals surface area contributed by atoms with Crippen molar-refractivity contribution in [3.05, 3.63) is 93.2 Å². The number of hydrogen-bond acceptors (Lipinski definition) is 4. The quantitative estimate of drug-likeness (QED) is 0.367. The molecule has 0 aliphatic heterocycles. The average Bonchev–Trinajstić information content (AvgIpc) is 3.41. The van der Waals surface area contributed by atoms with E-state index in [4.69, 9.17) is 39.5 Å². The molecule has 11 heteroatoms. The van der Waals surface area contributed by atoms with Gasteiger partial charge in [0.25, 0.3) is 5.91 Å². The van der Waals surface area contributed by atoms with Gasteiger partial charge in [-0.15, -0.1) is 0 Å². The molecule has 0 saturated carbocycles. The summed E-state index contributed by atoms with van der Waals surface area (Å²) in [6, 6.07) is 11.1. The van der Waals surface area contributed by atoms with E-state index in [0.717, 1.165) is 0 Å². The van der Waals surface area contributed by atoms with Crippen molar-refractivity contribution in [2.24, 2.45) is 0 Å². The third-order valence-electron chi connectivity index (χ3n) is 4.41. The van der Waals surface area contributed by atoms with E-state index in [9.17, 15) is 9.18 Å². The number of carbonyl (C=O) groups excluding carboxylic acids is 1. The molecule has 1 amide bonds. The van der Waals surface area contributed by atoms with Crippen LogP contribution in [0.5, 0.6) is 5.75 Å². The standard InChI is InChI=1S/C21H15Cl3FN5O2/c22-15-3-1-5-17(25)14(15)11-30-10-13(9-26-30)27-21(31)18-7-8-29(28-18)12-32-19-6-2-4-16(23)20(19)24/h1-10H,11-12H2,(H,27,31). The summed E-state index contributed by atoms with van der Waals surface area (Å²) in [4.78, 5) is 12.5. The Balaban J connectivity index is 1.37. The van der Waals surface area contributed by atoms with Gasteiger partial charge in [0.1, 0.15) is 16.6 Å². The third kappa shape index (κ3) is 5.04. The van der Waals surface area contributed by atoms with Gasteiger partial charge >= 0.3 is 0 Å². The average molecular weight is 495 g/mol. The Labute approximate surface area is 197 Å². The van der Waals surface area contributed by atoms with Crippen LogP contribution in [0, 0.1) is 5.82 Å². The van der Waals surface area contributed by atoms with E-state index < -0.39 is 11.7 Å². The van der Waals surface area contributed by atoms with E-state index in [-0.39, 0.29) is 19.0 Å². The van der Waals surface area contributed by atoms with Gasteiger partial charge in [0.15, 0.2) is 12.4 Å². The molecule has 0 radical (unpaired) electrons. The zero-order valence-corrected chi connectivity index (χ0v) is 18.6. The lowest BCUT2D eigenvalue weighted by molar-refractivity contribution is 0.102. The van der Waals surface area contributed by atoms with Crippen LogP contribution in [0.1, 0.15) is 16.1 Å². The number of halogens is 4. The van der Waals surface area contributed by atoms with Gasteiger partial charge in [0.2, 0.25) is 0 Å². The first-order chi connectivity index (χ1) is 15.4. The molecule has 164 valence electrons. The summed E-state index contributed by atoms with van der Waals surface area (Å²) >= 11 is 18.1. The van der Waals surface area contributed by atoms with E-state index in [1.54, 1.807) is 42.7 Å². The fourth-order valence-electron chi connectivity index (χ4n) is 2.84. The monoisotopic (exact) mass is 493 g/mol. The second-order valence-electron chi connectivity index (χ2n) is 6.65. The number of aromatic nitrogens is 4. The minimum Gasteiger partial charge on any atom is -0.470 e. The number of amides is 1. The Morgan fingerprint density at radius 1 is 1.06 bits per heavy atom. The van der Waals surface area contributed by atoms with Crippen LogP contribution in [0.3, 0.4) is 0 Å². The number of anilines is 1. The molecule has 0 aliphatic carbocycles. The summed E-state index contributed by atoms with van der Waals surface area (Å²) in [5.41, 5.74) is 0.920. The summed E-state index contributed by atoms with van der Waals surface area (Å²) in [7, 11) is 0. The molecule has 0 aliphatic rings. The molecule has 0 fully saturated rings. The number of hydrogen-bond donors (Lipinski definition) is 1. The van der Waals surface area contributed by atoms with E-state index in [1.165, 1.54) is 27.7 Å². The molecule has 0 bridgehead atoms. The first-order valence-electron chi connectivity index (χ1n) is 9.27. The zero-order valence-electron chi connectivity index (χ0n) is 16.3. The molecule has 0 spiro atoms. The highest BCUT2D eigenvalue weighted by atomic mass is 35.5. The lowest BCUT2D eigenvalue weighted by Gasteiger charge is -2.08. The van der Waals surface area contributed by atoms with Crippen LogP contribution in [0.2, 0.25) is 15.1 Å². The van der Waals surface area contributed by atoms with Crippen molar-refractivity contribution in [2.75, 3.05) is 5.32 Å². The first kappa shape index (κ1) is 22.1. The van der Waals surface area contributed by atoms with E-state index >= 15 is 0 Å². The molecule has 4 rings (SSSR count). The van der Waals surface area contributed by atoms with Crippen LogP contribution >= 0.6 is 34.8 Å². The second kappa shape index (κ2) is 9.60. The van der Waals surface area contributed by atoms with Crippen molar-refractivity contribution in [2.45, 2.75) is 13.3 Å². The molecule has 32 heavy (non-hydrogen) atoms. The molecule has 7 nitrogen and oxygen atoms in total. The Morgan fingerprint density at radius 3 is 2.66 bits per heavy atom. The van der Waals surface area contributed by atoms with Gasteiger partial charge in [-0.05, 0) is 30.3 Å². The Morgan fingerprint density at radius 2 is 1.84 bits per heavy atom. The third-order valence-corrected chi connectivity index (χ3v) is 5.57. The van der Waals surface area contributed by atoms with Crippen LogP contribution < -0.4 is 10.1 Å². The highest BCUT2D eigenvalue weighted by Gasteiger charge is 2.13. The van der Waals surface area contributed by atoms with E-state index in [2.05, 4.69) is 15.5 Å². The van der Waals surface area contributed by atoms with Gasteiger partial charge in [-0.25, -0.2) is 9.07 Å². The number of ether oxygens (including phenoxy) is 1. The van der Waals surface area contributed by atoms with Crippen LogP contribution in [-0.2, 0) is 13.3 Å². The number of nitrogens with one attached hydrogen (secondary N) is 1. The largest absolute Gasteiger partial charge is 0.470 e. The summed E-state index contributed by atoms with van der Waals surface area (Å²) in [5, 5.41) is 12.0. The lowest BCUT2D eigenvalue weighted by atomic mass is 10.2. The van der Waals surface area contributed by atoms with Gasteiger partial charge in [-0.2, -0.15) is 10.2 Å². The number of benzene rings is 2. The van der Waals surface area contributed by atoms with Crippen molar-refractivity contribution in [1.82, 2.24) is 19.6 Å². The fraction of sp³-hybridized carbons (Fsp3) is 0.0952. The van der Waals surface area contributed by atoms with Crippen molar-refractivity contribution >= 4 is 46.4 Å². The van der Waals surface area contributed by atoms with Crippen molar-refractivity contribution in [3.63, 3.8) is 0 Å². The van der Waals surface area contributed by atoms with Crippen LogP contribution in [0.25, 0.3) is 0 Å². The summed E-state index contributed by atoms with van der Waals surface area (Å²) < 4.78 is 22.5. The smallest absolute Gasteiger partial charge is 0.276 e. The molecule has 1 N–H and O–H groups in total. The van der Waals surface area contributed by atoms with Gasteiger partial charge in [-0.1, -0.05) is 46.9 Å². The number of carbonyl (C=O) groups is 1. The molecule has 4 aromatic rings. The maximum absolute atomic E-state index is 14.0. The second-order valence-corrected chi connectivity index (χ2v) is 7.84. The lowest BCUT2D eigenvalue weighted by Crippen LogP contribution is -2.14. The summed E-state index contributed by atoms with van der Waals surface area (Å²) in [6.45, 7) is 0.161. The SMILES string of the molecule is O=C(Nc1cnn(Cc2c(F)cccc2Cl)c1)c1ccn(COc2cccc(Cl)c2Cl)n1. The van der Waals surface area contributed by atoms with Crippen molar-refractivity contribution in [3.8, 4) is 5.75 Å². The molecule has 0 atom stereocenters. The Kier molecular flexibility index (Phi) is 6.64. The number of rotatable bonds is 7. The normalized spacial score (nSPS) is 10.9. The predicted octanol–water partition coefficient (Wildman–Crippen LogP) is 5.52. The van der Waals surface area contributed by atoms with E-state index in [1.807, 2.05) is 0 Å². The van der Waals surface area contributed by atoms with Crippen molar-refractivity contribution in [1.29, 1.82) is 0 Å². The maximum Gasteiger partial charge on any atom is 0.276 e. The van der Waals surface area contributed by atoms with Gasteiger partial charge in [0, 0.05) is 23.0 Å². The molecule has 2 heterocycles. The highest BCUT2D eigenvalue weighted by molar-refractivity contribution is 6.42. The molecular formula is C21H15Cl3FN5O2. The summed E-state index contributed by atoms with van der Waals surface area (Å²) in [6.07, 6.45) is 4.62. The number of nitrogens with zero attached hydrogens (tertiary/aromatic N) is 4. The minimum absolute atomic E-state index is 0.0364. The zero-order chi connectivity index (χ0) is 22.7. The van der Waals surface area contributed by atoms with Gasteiger partial charge < -0.3 is 10.1 Å². The molecule has 0 saturated heterocycles. The Hall–Kier alpha value is -3.07. The van der Waals surface area contributed by atoms with Crippen LogP contribution in [0.15, 0.2) is 61.1 Å². The van der Waals surface area contributed by atoms with Crippen LogP contribution in [-0.4, -0.2) is 25.5 Å². The molecule has 2 aromatic heterocycles. The maximum atomic E-state index is 14.0. The molecule has 2 aromatic carbocycles. The predicted molar refractivity (Wildman–Crippen MR) is 120 cm³/mol. The highest BCUT2D eigenvalue weighted by Crippen LogP contribution is 2.31. The Bertz CT molecular complexity index is 1250. The molecule has 0 unspecified atom stereocenters. The first-order valence-corrected chi connectivity index (χ1v) is 10.4. The topological polar surface area (TPSA) is 74.0 Å². The van der Waals surface area contributed by atoms with E-state index in [0.29, 0.717) is 32.1 Å². The summed E-state index contributed by atoms with van der Waals surface area (Å²) in [5.74, 6) is -0.457. The fourth-order valence-corrected chi connectivity index (χ4v) is 3.41. The van der Waals surface area contributed by atoms with Gasteiger partial charge in [-0.3, -0.25) is 9.48 Å². The van der Waals surface area contributed by atoms with Gasteiger partial charge in [0.05, 0.1) is 23.5 Å².